The molecule has 2 N–H and O–H groups in total. The minimum atomic E-state index is 0.0795. The maximum Gasteiger partial charge on any atom is 0.243 e. The average Bonchev–Trinajstić information content (AvgIpc) is 2.58. The molecule has 1 aromatic heterocycles. The Kier molecular flexibility index (Phi) is 2.82. The summed E-state index contributed by atoms with van der Waals surface area (Å²) in [5, 5.41) is 0.282. The van der Waals surface area contributed by atoms with Crippen molar-refractivity contribution in [2.75, 3.05) is 30.4 Å². The predicted octanol–water partition coefficient (Wildman–Crippen LogP) is 0.338. The average molecular weight is 242 g/mol. The van der Waals surface area contributed by atoms with E-state index in [0.717, 1.165) is 0 Å². The van der Waals surface area contributed by atoms with Crippen LogP contribution in [0.5, 0.6) is 0 Å². The Morgan fingerprint density at radius 1 is 1.56 bits per heavy atom. The van der Waals surface area contributed by atoms with E-state index in [0.29, 0.717) is 25.6 Å². The van der Waals surface area contributed by atoms with Crippen molar-refractivity contribution in [1.82, 2.24) is 14.9 Å². The van der Waals surface area contributed by atoms with Gasteiger partial charge in [-0.2, -0.15) is 4.98 Å². The van der Waals surface area contributed by atoms with Gasteiger partial charge in [0.15, 0.2) is 0 Å². The molecule has 16 heavy (non-hydrogen) atoms. The summed E-state index contributed by atoms with van der Waals surface area (Å²) in [6.45, 7) is 3.44. The highest BCUT2D eigenvalue weighted by Gasteiger charge is 2.27. The summed E-state index contributed by atoms with van der Waals surface area (Å²) in [5.74, 6) is 0.780. The van der Waals surface area contributed by atoms with Gasteiger partial charge in [-0.05, 0) is 6.92 Å². The first-order chi connectivity index (χ1) is 7.60. The van der Waals surface area contributed by atoms with Gasteiger partial charge in [-0.25, -0.2) is 4.98 Å². The van der Waals surface area contributed by atoms with Crippen LogP contribution in [0.1, 0.15) is 6.92 Å². The molecule has 0 aromatic carbocycles. The molecular weight excluding hydrogens is 230 g/mol. The Hall–Kier alpha value is -1.56. The van der Waals surface area contributed by atoms with Crippen LogP contribution in [0.3, 0.4) is 0 Å². The molecule has 86 valence electrons. The number of likely N-dealkylation sites (N-methyl/N-ethyl adjacent to an activating group) is 1. The summed E-state index contributed by atoms with van der Waals surface area (Å²) in [6.07, 6.45) is 0. The number of rotatable bonds is 2. The van der Waals surface area contributed by atoms with Gasteiger partial charge in [0.05, 0.1) is 6.67 Å². The number of carbonyl (C=O) groups excluding carboxylic acids is 1. The lowest BCUT2D eigenvalue weighted by molar-refractivity contribution is -0.126. The van der Waals surface area contributed by atoms with Crippen LogP contribution in [0.4, 0.5) is 11.8 Å². The molecule has 0 spiro atoms. The molecule has 1 amide bonds. The zero-order valence-corrected chi connectivity index (χ0v) is 9.61. The molecule has 0 aliphatic carbocycles. The summed E-state index contributed by atoms with van der Waals surface area (Å²) < 4.78 is 0. The van der Waals surface area contributed by atoms with E-state index in [1.54, 1.807) is 11.0 Å². The van der Waals surface area contributed by atoms with E-state index in [-0.39, 0.29) is 17.0 Å². The number of halogens is 1. The van der Waals surface area contributed by atoms with Crippen molar-refractivity contribution < 1.29 is 4.79 Å². The van der Waals surface area contributed by atoms with Crippen LogP contribution in [-0.2, 0) is 4.79 Å². The molecule has 2 heterocycles. The van der Waals surface area contributed by atoms with Gasteiger partial charge in [0, 0.05) is 12.6 Å². The van der Waals surface area contributed by atoms with Crippen LogP contribution in [-0.4, -0.2) is 40.5 Å². The van der Waals surface area contributed by atoms with Gasteiger partial charge < -0.3 is 15.5 Å². The van der Waals surface area contributed by atoms with Crippen LogP contribution in [0.15, 0.2) is 6.07 Å². The molecule has 2 rings (SSSR count). The molecule has 1 aliphatic heterocycles. The van der Waals surface area contributed by atoms with E-state index in [4.69, 9.17) is 17.3 Å². The molecule has 7 heteroatoms. The van der Waals surface area contributed by atoms with Crippen molar-refractivity contribution in [1.29, 1.82) is 0 Å². The van der Waals surface area contributed by atoms with E-state index in [2.05, 4.69) is 9.97 Å². The monoisotopic (exact) mass is 241 g/mol. The third kappa shape index (κ3) is 2.01. The van der Waals surface area contributed by atoms with Gasteiger partial charge in [0.25, 0.3) is 0 Å². The lowest BCUT2D eigenvalue weighted by Gasteiger charge is -2.17. The van der Waals surface area contributed by atoms with Crippen molar-refractivity contribution in [2.24, 2.45) is 0 Å². The van der Waals surface area contributed by atoms with Crippen molar-refractivity contribution >= 4 is 29.3 Å². The zero-order chi connectivity index (χ0) is 11.7. The number of carbonyl (C=O) groups is 1. The number of nitrogens with two attached hydrogens (primary N) is 1. The topological polar surface area (TPSA) is 75.3 Å². The lowest BCUT2D eigenvalue weighted by atomic mass is 10.5. The Morgan fingerprint density at radius 2 is 2.31 bits per heavy atom. The number of hydrogen-bond donors (Lipinski definition) is 1. The van der Waals surface area contributed by atoms with Crippen LogP contribution < -0.4 is 10.6 Å². The molecule has 0 bridgehead atoms. The Bertz CT molecular complexity index is 404. The first-order valence-electron chi connectivity index (χ1n) is 4.93. The summed E-state index contributed by atoms with van der Waals surface area (Å²) in [5.41, 5.74) is 5.50. The summed E-state index contributed by atoms with van der Waals surface area (Å²) in [6, 6.07) is 1.60. The first kappa shape index (κ1) is 10.9. The number of anilines is 2. The molecule has 1 aromatic rings. The Morgan fingerprint density at radius 3 is 2.88 bits per heavy atom. The number of nitrogen functional groups attached to an aromatic ring is 1. The van der Waals surface area contributed by atoms with Crippen LogP contribution >= 0.6 is 11.6 Å². The van der Waals surface area contributed by atoms with Gasteiger partial charge in [0.1, 0.15) is 17.5 Å². The highest BCUT2D eigenvalue weighted by Crippen LogP contribution is 2.20. The van der Waals surface area contributed by atoms with Gasteiger partial charge >= 0.3 is 0 Å². The van der Waals surface area contributed by atoms with E-state index in [9.17, 15) is 4.79 Å². The third-order valence-electron chi connectivity index (χ3n) is 2.42. The SMILES string of the molecule is CCN1CN(c2cc(Cl)nc(N)n2)CC1=O. The minimum Gasteiger partial charge on any atom is -0.368 e. The fourth-order valence-corrected chi connectivity index (χ4v) is 1.80. The normalized spacial score (nSPS) is 16.0. The molecule has 0 saturated carbocycles. The van der Waals surface area contributed by atoms with E-state index >= 15 is 0 Å². The number of aromatic nitrogens is 2. The largest absolute Gasteiger partial charge is 0.368 e. The summed E-state index contributed by atoms with van der Waals surface area (Å²) in [7, 11) is 0. The number of amides is 1. The van der Waals surface area contributed by atoms with Gasteiger partial charge in [-0.1, -0.05) is 11.6 Å². The quantitative estimate of drug-likeness (QED) is 0.756. The van der Waals surface area contributed by atoms with Gasteiger partial charge in [0.2, 0.25) is 11.9 Å². The summed E-state index contributed by atoms with van der Waals surface area (Å²) >= 11 is 5.78. The fourth-order valence-electron chi connectivity index (χ4n) is 1.61. The Balaban J connectivity index is 2.23. The maximum absolute atomic E-state index is 11.5. The number of hydrogen-bond acceptors (Lipinski definition) is 5. The number of nitrogens with zero attached hydrogens (tertiary/aromatic N) is 4. The highest BCUT2D eigenvalue weighted by atomic mass is 35.5. The van der Waals surface area contributed by atoms with Crippen molar-refractivity contribution in [2.45, 2.75) is 6.92 Å². The van der Waals surface area contributed by atoms with Crippen molar-refractivity contribution in [3.05, 3.63) is 11.2 Å². The van der Waals surface area contributed by atoms with E-state index in [1.807, 2.05) is 11.8 Å². The first-order valence-corrected chi connectivity index (χ1v) is 5.30. The van der Waals surface area contributed by atoms with Gasteiger partial charge in [-0.3, -0.25) is 4.79 Å². The second kappa shape index (κ2) is 4.13. The second-order valence-corrected chi connectivity index (χ2v) is 3.88. The highest BCUT2D eigenvalue weighted by molar-refractivity contribution is 6.29. The molecule has 1 aliphatic rings. The molecule has 0 atom stereocenters. The molecule has 1 saturated heterocycles. The molecule has 0 unspecified atom stereocenters. The van der Waals surface area contributed by atoms with Crippen LogP contribution in [0, 0.1) is 0 Å². The molecular formula is C9H12ClN5O. The third-order valence-corrected chi connectivity index (χ3v) is 2.62. The maximum atomic E-state index is 11.5. The smallest absolute Gasteiger partial charge is 0.243 e. The van der Waals surface area contributed by atoms with E-state index < -0.39 is 0 Å². The second-order valence-electron chi connectivity index (χ2n) is 3.50. The summed E-state index contributed by atoms with van der Waals surface area (Å²) in [4.78, 5) is 22.9. The molecule has 1 fully saturated rings. The molecule has 0 radical (unpaired) electrons. The standard InChI is InChI=1S/C9H12ClN5O/c1-2-14-5-15(4-8(14)16)7-3-6(10)12-9(11)13-7/h3H,2,4-5H2,1H3,(H2,11,12,13). The van der Waals surface area contributed by atoms with Crippen LogP contribution in [0.2, 0.25) is 5.15 Å². The fraction of sp³-hybridized carbons (Fsp3) is 0.444. The van der Waals surface area contributed by atoms with Crippen LogP contribution in [0.25, 0.3) is 0 Å². The predicted molar refractivity (Wildman–Crippen MR) is 61.1 cm³/mol. The Labute approximate surface area is 98.0 Å². The minimum absolute atomic E-state index is 0.0795. The van der Waals surface area contributed by atoms with Crippen molar-refractivity contribution in [3.63, 3.8) is 0 Å². The molecule has 6 nitrogen and oxygen atoms in total. The zero-order valence-electron chi connectivity index (χ0n) is 8.85. The lowest BCUT2D eigenvalue weighted by Crippen LogP contribution is -2.27. The van der Waals surface area contributed by atoms with Gasteiger partial charge in [-0.15, -0.1) is 0 Å². The van der Waals surface area contributed by atoms with Crippen molar-refractivity contribution in [3.8, 4) is 0 Å². The van der Waals surface area contributed by atoms with E-state index in [1.165, 1.54) is 0 Å².